The van der Waals surface area contributed by atoms with Crippen molar-refractivity contribution in [2.75, 3.05) is 25.5 Å². The Balaban J connectivity index is 1.53. The molecule has 3 heterocycles. The molecule has 2 bridgehead atoms. The van der Waals surface area contributed by atoms with Crippen molar-refractivity contribution in [3.05, 3.63) is 82.6 Å². The number of carbonyl (C=O) groups is 2. The fourth-order valence-corrected chi connectivity index (χ4v) is 6.75. The number of aromatic nitrogens is 1. The van der Waals surface area contributed by atoms with Crippen LogP contribution in [0.25, 0.3) is 0 Å². The number of hydrogen-bond acceptors (Lipinski definition) is 10. The van der Waals surface area contributed by atoms with Gasteiger partial charge in [0.05, 0.1) is 26.1 Å². The molecule has 1 aromatic heterocycles. The molecule has 10 nitrogen and oxygen atoms in total. The van der Waals surface area contributed by atoms with Gasteiger partial charge in [0.25, 0.3) is 0 Å². The minimum absolute atomic E-state index is 0.00138. The number of anilines is 1. The average Bonchev–Trinajstić information content (AvgIpc) is 3.53. The first-order chi connectivity index (χ1) is 24.1. The van der Waals surface area contributed by atoms with Crippen LogP contribution in [0.1, 0.15) is 87.3 Å². The van der Waals surface area contributed by atoms with Gasteiger partial charge in [-0.2, -0.15) is 0 Å². The number of methoxy groups -OCH3 is 1. The molecule has 3 aromatic rings. The number of hydrogen-bond donors (Lipinski definition) is 4. The highest BCUT2D eigenvalue weighted by molar-refractivity contribution is 5.83. The van der Waals surface area contributed by atoms with E-state index in [4.69, 9.17) is 9.47 Å². The smallest absolute Gasteiger partial charge is 0.302 e. The van der Waals surface area contributed by atoms with Crippen molar-refractivity contribution in [2.45, 2.75) is 76.7 Å². The zero-order valence-electron chi connectivity index (χ0n) is 28.8. The summed E-state index contributed by atoms with van der Waals surface area (Å²) in [5.74, 6) is 5.40. The number of benzene rings is 2. The lowest BCUT2D eigenvalue weighted by molar-refractivity contribution is -0.148. The highest BCUT2D eigenvalue weighted by Gasteiger charge is 2.26. The second-order valence-corrected chi connectivity index (χ2v) is 13.0. The monoisotopic (exact) mass is 679 g/mol. The van der Waals surface area contributed by atoms with Crippen molar-refractivity contribution in [1.82, 2.24) is 4.98 Å². The van der Waals surface area contributed by atoms with Crippen LogP contribution in [0.15, 0.2) is 70.9 Å². The highest BCUT2D eigenvalue weighted by Crippen LogP contribution is 2.40. The number of phenolic OH excluding ortho intramolecular Hbond substituents is 3. The van der Waals surface area contributed by atoms with Crippen LogP contribution in [0.4, 0.5) is 5.82 Å². The number of aromatic hydroxyl groups is 3. The summed E-state index contributed by atoms with van der Waals surface area (Å²) >= 11 is 0. The van der Waals surface area contributed by atoms with Crippen LogP contribution in [0.5, 0.6) is 23.0 Å². The molecular formula is C40H45N3O7. The number of nitrogens with zero attached hydrogens (tertiary/aromatic N) is 2. The summed E-state index contributed by atoms with van der Waals surface area (Å²) < 4.78 is 10.9. The Kier molecular flexibility index (Phi) is 12.2. The zero-order chi connectivity index (χ0) is 35.6. The molecule has 5 rings (SSSR count). The van der Waals surface area contributed by atoms with Crippen molar-refractivity contribution in [3.63, 3.8) is 0 Å². The normalized spacial score (nSPS) is 21.7. The number of esters is 1. The Morgan fingerprint density at radius 1 is 1.00 bits per heavy atom. The second-order valence-electron chi connectivity index (χ2n) is 13.0. The molecule has 2 aliphatic rings. The first-order valence-corrected chi connectivity index (χ1v) is 17.1. The predicted octanol–water partition coefficient (Wildman–Crippen LogP) is 6.80. The summed E-state index contributed by atoms with van der Waals surface area (Å²) in [5, 5.41) is 34.3. The molecule has 0 unspecified atom stereocenters. The van der Waals surface area contributed by atoms with Gasteiger partial charge in [0, 0.05) is 38.1 Å². The number of allylic oxidation sites excluding steroid dienone is 1. The molecule has 0 aliphatic carbocycles. The highest BCUT2D eigenvalue weighted by atomic mass is 16.5. The van der Waals surface area contributed by atoms with E-state index in [1.54, 1.807) is 24.4 Å². The molecular weight excluding hydrogens is 634 g/mol. The lowest BCUT2D eigenvalue weighted by atomic mass is 9.83. The number of ether oxygens (including phenoxy) is 2. The van der Waals surface area contributed by atoms with Gasteiger partial charge in [-0.3, -0.25) is 14.6 Å². The standard InChI is InChI=1S/C40H45N3O7/c1-4-26-10-11-35(50-25(2)44)22-34(46)16-27(30-19-37(47)40(48)38(20-30)49-3)8-6-13-42-39-21-29(12-14-43-39)36(28-7-5-9-33(45)17-28)18-32-24-41-23-31(32)15-26/h5,7,9,12,14,17,19-21,23,26-27,35-36,45,47-48H,4,10-11,13,15-16,18,22,24H2,1-3H3,(H,42,43)/t26-,27+,35-,36+/m1/s1. The first kappa shape index (κ1) is 36.0. The molecule has 50 heavy (non-hydrogen) atoms. The zero-order valence-corrected chi connectivity index (χ0v) is 28.8. The van der Waals surface area contributed by atoms with Gasteiger partial charge < -0.3 is 30.1 Å². The van der Waals surface area contributed by atoms with E-state index in [0.29, 0.717) is 30.8 Å². The van der Waals surface area contributed by atoms with Gasteiger partial charge in [-0.1, -0.05) is 37.3 Å². The van der Waals surface area contributed by atoms with E-state index in [1.165, 1.54) is 31.2 Å². The van der Waals surface area contributed by atoms with E-state index >= 15 is 0 Å². The number of nitrogens with one attached hydrogen (secondary N) is 1. The third-order valence-electron chi connectivity index (χ3n) is 9.43. The van der Waals surface area contributed by atoms with Crippen molar-refractivity contribution in [1.29, 1.82) is 0 Å². The summed E-state index contributed by atoms with van der Waals surface area (Å²) in [4.78, 5) is 34.8. The molecule has 4 atom stereocenters. The number of pyridine rings is 1. The molecule has 10 heteroatoms. The summed E-state index contributed by atoms with van der Waals surface area (Å²) in [6, 6.07) is 14.3. The summed E-state index contributed by atoms with van der Waals surface area (Å²) in [7, 11) is 1.38. The van der Waals surface area contributed by atoms with Gasteiger partial charge in [-0.05, 0) is 95.8 Å². The average molecular weight is 680 g/mol. The number of rotatable bonds is 5. The first-order valence-electron chi connectivity index (χ1n) is 17.1. The molecule has 4 N–H and O–H groups in total. The Labute approximate surface area is 293 Å². The van der Waals surface area contributed by atoms with Gasteiger partial charge in [0.2, 0.25) is 5.75 Å². The number of ketones is 1. The third-order valence-corrected chi connectivity index (χ3v) is 9.43. The van der Waals surface area contributed by atoms with Gasteiger partial charge in [-0.25, -0.2) is 4.98 Å². The van der Waals surface area contributed by atoms with Gasteiger partial charge >= 0.3 is 5.97 Å². The van der Waals surface area contributed by atoms with E-state index in [0.717, 1.165) is 30.4 Å². The van der Waals surface area contributed by atoms with E-state index in [-0.39, 0.29) is 54.3 Å². The third kappa shape index (κ3) is 9.44. The molecule has 262 valence electrons. The molecule has 0 fully saturated rings. The van der Waals surface area contributed by atoms with E-state index < -0.39 is 23.7 Å². The van der Waals surface area contributed by atoms with Crippen LogP contribution in [0.2, 0.25) is 0 Å². The fourth-order valence-electron chi connectivity index (χ4n) is 6.75. The lowest BCUT2D eigenvalue weighted by Gasteiger charge is -2.23. The predicted molar refractivity (Wildman–Crippen MR) is 192 cm³/mol. The van der Waals surface area contributed by atoms with Crippen molar-refractivity contribution >= 4 is 23.8 Å². The molecule has 0 saturated carbocycles. The number of Topliss-reactive ketones (excluding diaryl/α,β-unsaturated/α-hetero) is 1. The van der Waals surface area contributed by atoms with Gasteiger partial charge in [0.1, 0.15) is 23.5 Å². The van der Waals surface area contributed by atoms with E-state index in [1.807, 2.05) is 30.5 Å². The van der Waals surface area contributed by atoms with E-state index in [9.17, 15) is 24.9 Å². The lowest BCUT2D eigenvalue weighted by Crippen LogP contribution is -2.22. The van der Waals surface area contributed by atoms with Crippen LogP contribution in [-0.2, 0) is 14.3 Å². The van der Waals surface area contributed by atoms with Crippen LogP contribution in [0.3, 0.4) is 0 Å². The summed E-state index contributed by atoms with van der Waals surface area (Å²) in [6.45, 7) is 4.33. The fraction of sp³-hybridized carbons (Fsp3) is 0.400. The maximum atomic E-state index is 13.6. The van der Waals surface area contributed by atoms with Crippen molar-refractivity contribution < 1.29 is 34.4 Å². The largest absolute Gasteiger partial charge is 0.508 e. The van der Waals surface area contributed by atoms with Crippen LogP contribution in [0, 0.1) is 17.8 Å². The Bertz CT molecular complexity index is 1820. The molecule has 0 spiro atoms. The maximum Gasteiger partial charge on any atom is 0.302 e. The minimum atomic E-state index is -0.641. The molecule has 0 saturated heterocycles. The topological polar surface area (TPSA) is 151 Å². The van der Waals surface area contributed by atoms with E-state index in [2.05, 4.69) is 34.1 Å². The molecule has 2 aromatic carbocycles. The molecule has 0 amide bonds. The van der Waals surface area contributed by atoms with Crippen LogP contribution >= 0.6 is 0 Å². The SMILES string of the molecule is CC[C@@H]1CC[C@@H](OC(C)=O)CC(=O)C[C@@H](c2cc(O)c(O)c(OC)c2)C#CCNc2cc(ccn2)[C@H](c2cccc(O)c2)CC2=C(C=NC2)C1. The summed E-state index contributed by atoms with van der Waals surface area (Å²) in [6.07, 6.45) is 6.91. The number of phenols is 3. The van der Waals surface area contributed by atoms with Crippen LogP contribution < -0.4 is 10.1 Å². The van der Waals surface area contributed by atoms with Gasteiger partial charge in [0.15, 0.2) is 11.5 Å². The van der Waals surface area contributed by atoms with Gasteiger partial charge in [-0.15, -0.1) is 0 Å². The Hall–Kier alpha value is -5.30. The van der Waals surface area contributed by atoms with Crippen LogP contribution in [-0.4, -0.2) is 64.6 Å². The Morgan fingerprint density at radius 2 is 1.82 bits per heavy atom. The molecule has 2 aliphatic heterocycles. The van der Waals surface area contributed by atoms with Crippen molar-refractivity contribution in [2.24, 2.45) is 10.9 Å². The Morgan fingerprint density at radius 3 is 2.58 bits per heavy atom. The minimum Gasteiger partial charge on any atom is -0.508 e. The number of fused-ring (bicyclic) bond motifs is 2. The quantitative estimate of drug-likeness (QED) is 0.130. The number of carbonyl (C=O) groups excluding carboxylic acids is 2. The maximum absolute atomic E-state index is 13.6. The molecule has 0 radical (unpaired) electrons. The summed E-state index contributed by atoms with van der Waals surface area (Å²) in [5.41, 5.74) is 4.97. The second kappa shape index (κ2) is 16.9. The van der Waals surface area contributed by atoms with Crippen molar-refractivity contribution in [3.8, 4) is 34.8 Å². The number of aliphatic imine (C=N–C) groups is 1.